The summed E-state index contributed by atoms with van der Waals surface area (Å²) in [7, 11) is 0. The number of hydrogen-bond donors (Lipinski definition) is 1. The monoisotopic (exact) mass is 405 g/mol. The SMILES string of the molecule is CSc1ccccc1NC(=O)C1CCCN(c2ccc(-c3cccnc3)nn2)C1. The first kappa shape index (κ1) is 19.4. The third kappa shape index (κ3) is 4.56. The van der Waals surface area contributed by atoms with Crippen molar-refractivity contribution in [1.82, 2.24) is 15.2 Å². The standard InChI is InChI=1S/C22H23N5OS/c1-29-20-9-3-2-8-19(20)24-22(28)17-7-5-13-27(15-17)21-11-10-18(25-26-21)16-6-4-12-23-14-16/h2-4,6,8-12,14,17H,5,7,13,15H2,1H3,(H,24,28). The Morgan fingerprint density at radius 2 is 2.03 bits per heavy atom. The summed E-state index contributed by atoms with van der Waals surface area (Å²) in [6.07, 6.45) is 7.36. The van der Waals surface area contributed by atoms with E-state index in [1.165, 1.54) is 0 Å². The van der Waals surface area contributed by atoms with E-state index in [1.54, 1.807) is 24.2 Å². The van der Waals surface area contributed by atoms with Crippen molar-refractivity contribution in [2.45, 2.75) is 17.7 Å². The summed E-state index contributed by atoms with van der Waals surface area (Å²) in [5, 5.41) is 11.9. The zero-order valence-electron chi connectivity index (χ0n) is 16.3. The highest BCUT2D eigenvalue weighted by Gasteiger charge is 2.27. The first-order valence-corrected chi connectivity index (χ1v) is 10.9. The highest BCUT2D eigenvalue weighted by Crippen LogP contribution is 2.27. The van der Waals surface area contributed by atoms with Gasteiger partial charge in [0, 0.05) is 35.9 Å². The molecule has 1 fully saturated rings. The number of carbonyl (C=O) groups is 1. The van der Waals surface area contributed by atoms with Crippen molar-refractivity contribution < 1.29 is 4.79 Å². The molecule has 0 aliphatic carbocycles. The lowest BCUT2D eigenvalue weighted by Gasteiger charge is -2.32. The number of aromatic nitrogens is 3. The predicted octanol–water partition coefficient (Wildman–Crippen LogP) is 4.12. The van der Waals surface area contributed by atoms with Gasteiger partial charge in [0.2, 0.25) is 5.91 Å². The molecule has 1 aliphatic heterocycles. The molecule has 3 heterocycles. The van der Waals surface area contributed by atoms with Gasteiger partial charge in [0.05, 0.1) is 17.3 Å². The molecular formula is C22H23N5OS. The molecule has 1 unspecified atom stereocenters. The molecule has 148 valence electrons. The Hall–Kier alpha value is -2.93. The second kappa shape index (κ2) is 9.05. The average molecular weight is 406 g/mol. The third-order valence-electron chi connectivity index (χ3n) is 5.09. The van der Waals surface area contributed by atoms with Gasteiger partial charge in [-0.2, -0.15) is 0 Å². The average Bonchev–Trinajstić information content (AvgIpc) is 2.80. The topological polar surface area (TPSA) is 71.0 Å². The number of pyridine rings is 1. The van der Waals surface area contributed by atoms with Crippen molar-refractivity contribution in [2.75, 3.05) is 29.6 Å². The van der Waals surface area contributed by atoms with Crippen molar-refractivity contribution in [2.24, 2.45) is 5.92 Å². The van der Waals surface area contributed by atoms with Crippen LogP contribution in [0.4, 0.5) is 11.5 Å². The number of piperidine rings is 1. The summed E-state index contributed by atoms with van der Waals surface area (Å²) in [4.78, 5) is 20.2. The number of benzene rings is 1. The van der Waals surface area contributed by atoms with Crippen LogP contribution >= 0.6 is 11.8 Å². The first-order chi connectivity index (χ1) is 14.2. The van der Waals surface area contributed by atoms with Crippen LogP contribution in [0.2, 0.25) is 0 Å². The molecular weight excluding hydrogens is 382 g/mol. The second-order valence-electron chi connectivity index (χ2n) is 6.99. The van der Waals surface area contributed by atoms with Crippen LogP contribution in [0, 0.1) is 5.92 Å². The number of nitrogens with one attached hydrogen (secondary N) is 1. The van der Waals surface area contributed by atoms with Crippen LogP contribution in [0.5, 0.6) is 0 Å². The molecule has 1 aliphatic rings. The summed E-state index contributed by atoms with van der Waals surface area (Å²) in [5.74, 6) is 0.800. The summed E-state index contributed by atoms with van der Waals surface area (Å²) < 4.78 is 0. The van der Waals surface area contributed by atoms with Crippen LogP contribution in [0.3, 0.4) is 0 Å². The minimum atomic E-state index is -0.0709. The lowest BCUT2D eigenvalue weighted by atomic mass is 9.97. The van der Waals surface area contributed by atoms with Crippen molar-refractivity contribution in [3.8, 4) is 11.3 Å². The molecule has 29 heavy (non-hydrogen) atoms. The van der Waals surface area contributed by atoms with E-state index >= 15 is 0 Å². The van der Waals surface area contributed by atoms with Crippen LogP contribution in [0.25, 0.3) is 11.3 Å². The lowest BCUT2D eigenvalue weighted by Crippen LogP contribution is -2.41. The first-order valence-electron chi connectivity index (χ1n) is 9.67. The number of para-hydroxylation sites is 1. The number of rotatable bonds is 5. The maximum atomic E-state index is 12.9. The number of thioether (sulfide) groups is 1. The van der Waals surface area contributed by atoms with Gasteiger partial charge in [-0.15, -0.1) is 22.0 Å². The molecule has 0 saturated carbocycles. The van der Waals surface area contributed by atoms with E-state index in [9.17, 15) is 4.79 Å². The molecule has 0 spiro atoms. The molecule has 3 aromatic rings. The van der Waals surface area contributed by atoms with Crippen LogP contribution in [0.1, 0.15) is 12.8 Å². The van der Waals surface area contributed by atoms with Gasteiger partial charge in [-0.25, -0.2) is 0 Å². The van der Waals surface area contributed by atoms with Gasteiger partial charge in [0.15, 0.2) is 5.82 Å². The summed E-state index contributed by atoms with van der Waals surface area (Å²) in [5.41, 5.74) is 2.61. The molecule has 1 N–H and O–H groups in total. The molecule has 2 aromatic heterocycles. The number of carbonyl (C=O) groups excluding carboxylic acids is 1. The predicted molar refractivity (Wildman–Crippen MR) is 117 cm³/mol. The molecule has 7 heteroatoms. The Balaban J connectivity index is 1.43. The van der Waals surface area contributed by atoms with Crippen molar-refractivity contribution in [3.63, 3.8) is 0 Å². The van der Waals surface area contributed by atoms with E-state index in [4.69, 9.17) is 0 Å². The second-order valence-corrected chi connectivity index (χ2v) is 7.84. The van der Waals surface area contributed by atoms with Crippen LogP contribution in [-0.4, -0.2) is 40.4 Å². The number of nitrogens with zero attached hydrogens (tertiary/aromatic N) is 4. The Morgan fingerprint density at radius 3 is 2.79 bits per heavy atom. The lowest BCUT2D eigenvalue weighted by molar-refractivity contribution is -0.120. The van der Waals surface area contributed by atoms with E-state index < -0.39 is 0 Å². The highest BCUT2D eigenvalue weighted by atomic mass is 32.2. The fourth-order valence-corrected chi connectivity index (χ4v) is 4.10. The van der Waals surface area contributed by atoms with Crippen molar-refractivity contribution >= 4 is 29.2 Å². The maximum Gasteiger partial charge on any atom is 0.229 e. The molecule has 1 atom stereocenters. The molecule has 4 rings (SSSR count). The Bertz CT molecular complexity index is 964. The molecule has 1 amide bonds. The fraction of sp³-hybridized carbons (Fsp3) is 0.273. The Morgan fingerprint density at radius 1 is 1.14 bits per heavy atom. The van der Waals surface area contributed by atoms with Gasteiger partial charge in [-0.05, 0) is 55.5 Å². The quantitative estimate of drug-likeness (QED) is 0.644. The van der Waals surface area contributed by atoms with Gasteiger partial charge < -0.3 is 10.2 Å². The van der Waals surface area contributed by atoms with Gasteiger partial charge in [-0.3, -0.25) is 9.78 Å². The minimum absolute atomic E-state index is 0.0659. The molecule has 6 nitrogen and oxygen atoms in total. The number of anilines is 2. The molecule has 0 bridgehead atoms. The minimum Gasteiger partial charge on any atom is -0.354 e. The highest BCUT2D eigenvalue weighted by molar-refractivity contribution is 7.98. The summed E-state index contributed by atoms with van der Waals surface area (Å²) in [6.45, 7) is 1.53. The van der Waals surface area contributed by atoms with E-state index in [0.29, 0.717) is 6.54 Å². The van der Waals surface area contributed by atoms with Gasteiger partial charge in [0.25, 0.3) is 0 Å². The largest absolute Gasteiger partial charge is 0.354 e. The fourth-order valence-electron chi connectivity index (χ4n) is 3.54. The summed E-state index contributed by atoms with van der Waals surface area (Å²) >= 11 is 1.63. The van der Waals surface area contributed by atoms with E-state index in [1.807, 2.05) is 54.8 Å². The number of hydrogen-bond acceptors (Lipinski definition) is 6. The molecule has 1 saturated heterocycles. The van der Waals surface area contributed by atoms with Gasteiger partial charge >= 0.3 is 0 Å². The zero-order valence-corrected chi connectivity index (χ0v) is 17.1. The Kier molecular flexibility index (Phi) is 6.05. The van der Waals surface area contributed by atoms with Crippen molar-refractivity contribution in [1.29, 1.82) is 0 Å². The van der Waals surface area contributed by atoms with Gasteiger partial charge in [0.1, 0.15) is 0 Å². The normalized spacial score (nSPS) is 16.4. The van der Waals surface area contributed by atoms with Crippen LogP contribution < -0.4 is 10.2 Å². The maximum absolute atomic E-state index is 12.9. The Labute approximate surface area is 174 Å². The van der Waals surface area contributed by atoms with E-state index in [2.05, 4.69) is 25.4 Å². The van der Waals surface area contributed by atoms with E-state index in [0.717, 1.165) is 47.0 Å². The van der Waals surface area contributed by atoms with Crippen LogP contribution in [0.15, 0.2) is 65.8 Å². The molecule has 0 radical (unpaired) electrons. The van der Waals surface area contributed by atoms with E-state index in [-0.39, 0.29) is 11.8 Å². The zero-order chi connectivity index (χ0) is 20.1. The smallest absolute Gasteiger partial charge is 0.229 e. The third-order valence-corrected chi connectivity index (χ3v) is 5.88. The molecule has 1 aromatic carbocycles. The van der Waals surface area contributed by atoms with Crippen molar-refractivity contribution in [3.05, 3.63) is 60.9 Å². The number of amides is 1. The summed E-state index contributed by atoms with van der Waals surface area (Å²) in [6, 6.07) is 15.7. The van der Waals surface area contributed by atoms with Gasteiger partial charge in [-0.1, -0.05) is 12.1 Å². The van der Waals surface area contributed by atoms with Crippen LogP contribution in [-0.2, 0) is 4.79 Å².